The molecule has 2 atom stereocenters. The van der Waals surface area contributed by atoms with Gasteiger partial charge in [-0.3, -0.25) is 4.79 Å². The van der Waals surface area contributed by atoms with Crippen molar-refractivity contribution >= 4 is 6.41 Å². The van der Waals surface area contributed by atoms with Gasteiger partial charge in [0.25, 0.3) is 0 Å². The molecule has 0 aliphatic heterocycles. The summed E-state index contributed by atoms with van der Waals surface area (Å²) in [5.41, 5.74) is 5.70. The lowest BCUT2D eigenvalue weighted by molar-refractivity contribution is -0.110. The molecule has 0 aromatic rings. The van der Waals surface area contributed by atoms with Crippen molar-refractivity contribution in [3.63, 3.8) is 0 Å². The van der Waals surface area contributed by atoms with Crippen LogP contribution < -0.4 is 11.1 Å². The van der Waals surface area contributed by atoms with Gasteiger partial charge in [0, 0.05) is 12.1 Å². The summed E-state index contributed by atoms with van der Waals surface area (Å²) in [5.74, 6) is 0. The summed E-state index contributed by atoms with van der Waals surface area (Å²) in [6.07, 6.45) is 5.05. The molecular formula is C7H14N2O. The van der Waals surface area contributed by atoms with Crippen LogP contribution in [0.1, 0.15) is 25.7 Å². The maximum atomic E-state index is 10.0. The number of nitrogens with two attached hydrogens (primary N) is 1. The van der Waals surface area contributed by atoms with E-state index >= 15 is 0 Å². The number of carbonyl (C=O) groups is 1. The van der Waals surface area contributed by atoms with Crippen LogP contribution >= 0.6 is 0 Å². The van der Waals surface area contributed by atoms with Crippen LogP contribution in [0.5, 0.6) is 0 Å². The summed E-state index contributed by atoms with van der Waals surface area (Å²) >= 11 is 0. The van der Waals surface area contributed by atoms with Crippen LogP contribution in [0.4, 0.5) is 0 Å². The minimum Gasteiger partial charge on any atom is -0.356 e. The van der Waals surface area contributed by atoms with Crippen molar-refractivity contribution in [1.82, 2.24) is 5.32 Å². The first-order valence-corrected chi connectivity index (χ1v) is 3.78. The predicted molar refractivity (Wildman–Crippen MR) is 39.4 cm³/mol. The Morgan fingerprint density at radius 2 is 2.30 bits per heavy atom. The van der Waals surface area contributed by atoms with E-state index in [1.165, 1.54) is 0 Å². The van der Waals surface area contributed by atoms with Crippen LogP contribution in [-0.4, -0.2) is 18.5 Å². The Labute approximate surface area is 61.0 Å². The van der Waals surface area contributed by atoms with Crippen LogP contribution in [0.3, 0.4) is 0 Å². The molecule has 0 radical (unpaired) electrons. The van der Waals surface area contributed by atoms with Crippen LogP contribution in [0.2, 0.25) is 0 Å². The summed E-state index contributed by atoms with van der Waals surface area (Å²) in [6.45, 7) is 0. The molecule has 1 amide bonds. The van der Waals surface area contributed by atoms with Gasteiger partial charge in [0.15, 0.2) is 0 Å². The second-order valence-corrected chi connectivity index (χ2v) is 2.91. The normalized spacial score (nSPS) is 33.3. The SMILES string of the molecule is NC1CCCC(NC=O)C1. The van der Waals surface area contributed by atoms with Crippen LogP contribution in [-0.2, 0) is 4.79 Å². The highest BCUT2D eigenvalue weighted by atomic mass is 16.1. The molecule has 58 valence electrons. The topological polar surface area (TPSA) is 55.1 Å². The van der Waals surface area contributed by atoms with Crippen molar-refractivity contribution in [3.05, 3.63) is 0 Å². The van der Waals surface area contributed by atoms with Crippen molar-refractivity contribution < 1.29 is 4.79 Å². The molecule has 0 spiro atoms. The van der Waals surface area contributed by atoms with Crippen molar-refractivity contribution in [2.24, 2.45) is 5.73 Å². The fourth-order valence-corrected chi connectivity index (χ4v) is 1.48. The van der Waals surface area contributed by atoms with Gasteiger partial charge in [-0.2, -0.15) is 0 Å². The molecule has 1 fully saturated rings. The lowest BCUT2D eigenvalue weighted by Crippen LogP contribution is -2.38. The third kappa shape index (κ3) is 1.99. The summed E-state index contributed by atoms with van der Waals surface area (Å²) in [4.78, 5) is 10.0. The van der Waals surface area contributed by atoms with E-state index in [4.69, 9.17) is 5.73 Å². The zero-order valence-corrected chi connectivity index (χ0v) is 6.05. The molecule has 0 heterocycles. The van der Waals surface area contributed by atoms with Gasteiger partial charge < -0.3 is 11.1 Å². The van der Waals surface area contributed by atoms with E-state index in [1.54, 1.807) is 0 Å². The Hall–Kier alpha value is -0.570. The summed E-state index contributed by atoms with van der Waals surface area (Å²) < 4.78 is 0. The lowest BCUT2D eigenvalue weighted by atomic mass is 9.92. The molecule has 1 aliphatic carbocycles. The first kappa shape index (κ1) is 7.54. The number of hydrogen-bond donors (Lipinski definition) is 2. The van der Waals surface area contributed by atoms with E-state index in [-0.39, 0.29) is 0 Å². The smallest absolute Gasteiger partial charge is 0.207 e. The maximum absolute atomic E-state index is 10.0. The summed E-state index contributed by atoms with van der Waals surface area (Å²) in [6, 6.07) is 0.632. The van der Waals surface area contributed by atoms with Gasteiger partial charge in [-0.1, -0.05) is 0 Å². The van der Waals surface area contributed by atoms with E-state index in [9.17, 15) is 4.79 Å². The molecule has 0 aromatic heterocycles. The zero-order valence-electron chi connectivity index (χ0n) is 6.05. The fourth-order valence-electron chi connectivity index (χ4n) is 1.48. The third-order valence-electron chi connectivity index (χ3n) is 2.02. The average Bonchev–Trinajstić information content (AvgIpc) is 1.88. The number of hydrogen-bond acceptors (Lipinski definition) is 2. The number of nitrogens with one attached hydrogen (secondary N) is 1. The molecule has 1 rings (SSSR count). The van der Waals surface area contributed by atoms with Gasteiger partial charge in [-0.25, -0.2) is 0 Å². The first-order chi connectivity index (χ1) is 4.83. The number of carbonyl (C=O) groups excluding carboxylic acids is 1. The summed E-state index contributed by atoms with van der Waals surface area (Å²) in [7, 11) is 0. The average molecular weight is 142 g/mol. The van der Waals surface area contributed by atoms with Crippen molar-refractivity contribution in [1.29, 1.82) is 0 Å². The standard InChI is InChI=1S/C7H14N2O/c8-6-2-1-3-7(4-6)9-5-10/h5-7H,1-4,8H2,(H,9,10). The Morgan fingerprint density at radius 1 is 1.50 bits per heavy atom. The van der Waals surface area contributed by atoms with Crippen molar-refractivity contribution in [3.8, 4) is 0 Å². The van der Waals surface area contributed by atoms with Crippen LogP contribution in [0, 0.1) is 0 Å². The highest BCUT2D eigenvalue weighted by Crippen LogP contribution is 2.15. The van der Waals surface area contributed by atoms with E-state index in [0.717, 1.165) is 32.1 Å². The fraction of sp³-hybridized carbons (Fsp3) is 0.857. The Morgan fingerprint density at radius 3 is 2.90 bits per heavy atom. The quantitative estimate of drug-likeness (QED) is 0.533. The van der Waals surface area contributed by atoms with Gasteiger partial charge in [-0.15, -0.1) is 0 Å². The van der Waals surface area contributed by atoms with E-state index in [1.807, 2.05) is 0 Å². The molecule has 3 nitrogen and oxygen atoms in total. The van der Waals surface area contributed by atoms with Crippen LogP contribution in [0.25, 0.3) is 0 Å². The van der Waals surface area contributed by atoms with Gasteiger partial charge in [-0.05, 0) is 25.7 Å². The monoisotopic (exact) mass is 142 g/mol. The molecule has 0 saturated heterocycles. The molecule has 2 unspecified atom stereocenters. The molecule has 1 saturated carbocycles. The molecule has 3 N–H and O–H groups in total. The van der Waals surface area contributed by atoms with E-state index in [0.29, 0.717) is 12.1 Å². The van der Waals surface area contributed by atoms with Crippen molar-refractivity contribution in [2.45, 2.75) is 37.8 Å². The highest BCUT2D eigenvalue weighted by Gasteiger charge is 2.17. The van der Waals surface area contributed by atoms with E-state index in [2.05, 4.69) is 5.32 Å². The lowest BCUT2D eigenvalue weighted by Gasteiger charge is -2.25. The molecular weight excluding hydrogens is 128 g/mol. The predicted octanol–water partition coefficient (Wildman–Crippen LogP) is 0.00230. The largest absolute Gasteiger partial charge is 0.356 e. The molecule has 0 bridgehead atoms. The Bertz CT molecular complexity index is 116. The summed E-state index contributed by atoms with van der Waals surface area (Å²) in [5, 5.41) is 2.75. The van der Waals surface area contributed by atoms with Gasteiger partial charge in [0.1, 0.15) is 0 Å². The Kier molecular flexibility index (Phi) is 2.68. The third-order valence-corrected chi connectivity index (χ3v) is 2.02. The molecule has 0 aromatic carbocycles. The second kappa shape index (κ2) is 3.56. The van der Waals surface area contributed by atoms with Gasteiger partial charge in [0.05, 0.1) is 0 Å². The van der Waals surface area contributed by atoms with Crippen molar-refractivity contribution in [2.75, 3.05) is 0 Å². The zero-order chi connectivity index (χ0) is 7.40. The molecule has 3 heteroatoms. The number of rotatable bonds is 2. The highest BCUT2D eigenvalue weighted by molar-refractivity contribution is 5.46. The first-order valence-electron chi connectivity index (χ1n) is 3.78. The second-order valence-electron chi connectivity index (χ2n) is 2.91. The molecule has 1 aliphatic rings. The minimum absolute atomic E-state index is 0.297. The maximum Gasteiger partial charge on any atom is 0.207 e. The van der Waals surface area contributed by atoms with Gasteiger partial charge in [0.2, 0.25) is 6.41 Å². The minimum atomic E-state index is 0.297. The van der Waals surface area contributed by atoms with E-state index < -0.39 is 0 Å². The molecule has 10 heavy (non-hydrogen) atoms. The number of amides is 1. The Balaban J connectivity index is 2.24. The van der Waals surface area contributed by atoms with Crippen LogP contribution in [0.15, 0.2) is 0 Å². The van der Waals surface area contributed by atoms with Gasteiger partial charge >= 0.3 is 0 Å².